The molecule has 0 radical (unpaired) electrons. The Morgan fingerprint density at radius 2 is 1.78 bits per heavy atom. The standard InChI is InChI=1S/C17H15ClN2O3/c18-15-4-2-1-3-13(15)9-10-19-17(23)20-11-12-5-7-14(8-6-12)16(21)22/h1-10H,11H2,(H,21,22)(H2,19,20,23)/b10-9+. The van der Waals surface area contributed by atoms with Gasteiger partial charge in [0.25, 0.3) is 0 Å². The van der Waals surface area contributed by atoms with Crippen LogP contribution in [0.4, 0.5) is 4.79 Å². The number of hydrogen-bond acceptors (Lipinski definition) is 2. The molecule has 0 bridgehead atoms. The van der Waals surface area contributed by atoms with Gasteiger partial charge in [0.05, 0.1) is 5.56 Å². The summed E-state index contributed by atoms with van der Waals surface area (Å²) in [5.41, 5.74) is 1.82. The second kappa shape index (κ2) is 8.00. The summed E-state index contributed by atoms with van der Waals surface area (Å²) in [7, 11) is 0. The molecule has 0 saturated heterocycles. The second-order valence-corrected chi connectivity index (χ2v) is 5.09. The van der Waals surface area contributed by atoms with Crippen molar-refractivity contribution < 1.29 is 14.7 Å². The van der Waals surface area contributed by atoms with Crippen LogP contribution in [0.5, 0.6) is 0 Å². The van der Waals surface area contributed by atoms with Crippen molar-refractivity contribution in [3.8, 4) is 0 Å². The first-order chi connectivity index (χ1) is 11.1. The van der Waals surface area contributed by atoms with E-state index in [0.29, 0.717) is 11.6 Å². The molecule has 0 aliphatic heterocycles. The van der Waals surface area contributed by atoms with Gasteiger partial charge in [-0.25, -0.2) is 9.59 Å². The first kappa shape index (κ1) is 16.6. The van der Waals surface area contributed by atoms with Crippen molar-refractivity contribution in [3.63, 3.8) is 0 Å². The Hall–Kier alpha value is -2.79. The van der Waals surface area contributed by atoms with E-state index in [1.807, 2.05) is 18.2 Å². The van der Waals surface area contributed by atoms with E-state index < -0.39 is 5.97 Å². The van der Waals surface area contributed by atoms with Crippen LogP contribution < -0.4 is 10.6 Å². The zero-order chi connectivity index (χ0) is 16.7. The van der Waals surface area contributed by atoms with Gasteiger partial charge in [-0.2, -0.15) is 0 Å². The Kier molecular flexibility index (Phi) is 5.77. The number of carbonyl (C=O) groups excluding carboxylic acids is 1. The van der Waals surface area contributed by atoms with Gasteiger partial charge in [-0.15, -0.1) is 0 Å². The minimum atomic E-state index is -0.980. The largest absolute Gasteiger partial charge is 0.478 e. The van der Waals surface area contributed by atoms with Crippen molar-refractivity contribution in [2.45, 2.75) is 6.54 Å². The summed E-state index contributed by atoms with van der Waals surface area (Å²) < 4.78 is 0. The molecule has 2 rings (SSSR count). The molecule has 0 unspecified atom stereocenters. The smallest absolute Gasteiger partial charge is 0.335 e. The number of carbonyl (C=O) groups is 2. The summed E-state index contributed by atoms with van der Waals surface area (Å²) in [6.07, 6.45) is 3.20. The summed E-state index contributed by atoms with van der Waals surface area (Å²) in [6.45, 7) is 0.297. The number of hydrogen-bond donors (Lipinski definition) is 3. The molecule has 23 heavy (non-hydrogen) atoms. The molecule has 2 aromatic carbocycles. The Bertz CT molecular complexity index is 727. The van der Waals surface area contributed by atoms with Crippen LogP contribution in [0.1, 0.15) is 21.5 Å². The highest BCUT2D eigenvalue weighted by Gasteiger charge is 2.02. The lowest BCUT2D eigenvalue weighted by Crippen LogP contribution is -2.31. The van der Waals surface area contributed by atoms with E-state index in [1.54, 1.807) is 24.3 Å². The molecule has 2 aromatic rings. The van der Waals surface area contributed by atoms with Crippen molar-refractivity contribution >= 4 is 29.7 Å². The third-order valence-electron chi connectivity index (χ3n) is 3.04. The molecule has 5 nitrogen and oxygen atoms in total. The SMILES string of the molecule is O=C(N/C=C/c1ccccc1Cl)NCc1ccc(C(=O)O)cc1. The number of halogens is 1. The molecule has 0 aromatic heterocycles. The van der Waals surface area contributed by atoms with Gasteiger partial charge in [0.15, 0.2) is 0 Å². The molecule has 0 saturated carbocycles. The molecule has 0 atom stereocenters. The third kappa shape index (κ3) is 5.16. The number of carboxylic acid groups (broad SMARTS) is 1. The van der Waals surface area contributed by atoms with Gasteiger partial charge in [-0.05, 0) is 35.4 Å². The van der Waals surface area contributed by atoms with E-state index in [4.69, 9.17) is 16.7 Å². The molecule has 3 N–H and O–H groups in total. The van der Waals surface area contributed by atoms with Crippen molar-refractivity contribution in [3.05, 3.63) is 76.4 Å². The van der Waals surface area contributed by atoms with E-state index in [1.165, 1.54) is 18.3 Å². The summed E-state index contributed by atoms with van der Waals surface area (Å²) >= 11 is 5.99. The van der Waals surface area contributed by atoms with Crippen molar-refractivity contribution in [1.29, 1.82) is 0 Å². The summed E-state index contributed by atoms with van der Waals surface area (Å²) in [6, 6.07) is 13.2. The van der Waals surface area contributed by atoms with Crippen LogP contribution in [0.15, 0.2) is 54.7 Å². The molecule has 0 aliphatic carbocycles. The van der Waals surface area contributed by atoms with Crippen LogP contribution in [-0.2, 0) is 6.54 Å². The Labute approximate surface area is 138 Å². The molecule has 0 heterocycles. The lowest BCUT2D eigenvalue weighted by molar-refractivity contribution is 0.0697. The lowest BCUT2D eigenvalue weighted by Gasteiger charge is -2.05. The maximum atomic E-state index is 11.7. The highest BCUT2D eigenvalue weighted by atomic mass is 35.5. The number of nitrogens with one attached hydrogen (secondary N) is 2. The van der Waals surface area contributed by atoms with Crippen molar-refractivity contribution in [1.82, 2.24) is 10.6 Å². The molecule has 6 heteroatoms. The van der Waals surface area contributed by atoms with E-state index in [9.17, 15) is 9.59 Å². The molecule has 0 fully saturated rings. The van der Waals surface area contributed by atoms with Gasteiger partial charge in [0.1, 0.15) is 0 Å². The number of aromatic carboxylic acids is 1. The van der Waals surface area contributed by atoms with E-state index in [2.05, 4.69) is 10.6 Å². The monoisotopic (exact) mass is 330 g/mol. The average Bonchev–Trinajstić information content (AvgIpc) is 2.55. The zero-order valence-corrected chi connectivity index (χ0v) is 12.9. The van der Waals surface area contributed by atoms with Gasteiger partial charge >= 0.3 is 12.0 Å². The van der Waals surface area contributed by atoms with Crippen molar-refractivity contribution in [2.75, 3.05) is 0 Å². The Morgan fingerprint density at radius 1 is 1.09 bits per heavy atom. The molecule has 118 valence electrons. The number of urea groups is 1. The number of carboxylic acids is 1. The van der Waals surface area contributed by atoms with E-state index in [-0.39, 0.29) is 11.6 Å². The van der Waals surface area contributed by atoms with Crippen LogP contribution in [0.25, 0.3) is 6.08 Å². The van der Waals surface area contributed by atoms with Crippen LogP contribution in [0.2, 0.25) is 5.02 Å². The van der Waals surface area contributed by atoms with Gasteiger partial charge in [0.2, 0.25) is 0 Å². The highest BCUT2D eigenvalue weighted by molar-refractivity contribution is 6.32. The number of rotatable bonds is 5. The predicted molar refractivity (Wildman–Crippen MR) is 89.3 cm³/mol. The van der Waals surface area contributed by atoms with E-state index in [0.717, 1.165) is 11.1 Å². The van der Waals surface area contributed by atoms with Crippen LogP contribution in [0.3, 0.4) is 0 Å². The Morgan fingerprint density at radius 3 is 2.43 bits per heavy atom. The Balaban J connectivity index is 1.81. The predicted octanol–water partition coefficient (Wildman–Crippen LogP) is 3.51. The summed E-state index contributed by atoms with van der Waals surface area (Å²) in [5, 5.41) is 14.7. The quantitative estimate of drug-likeness (QED) is 0.785. The lowest BCUT2D eigenvalue weighted by atomic mass is 10.1. The first-order valence-corrected chi connectivity index (χ1v) is 7.22. The van der Waals surface area contributed by atoms with Gasteiger partial charge in [0, 0.05) is 17.8 Å². The molecule has 2 amide bonds. The summed E-state index contributed by atoms with van der Waals surface area (Å²) in [4.78, 5) is 22.4. The zero-order valence-electron chi connectivity index (χ0n) is 12.1. The van der Waals surface area contributed by atoms with Crippen LogP contribution in [-0.4, -0.2) is 17.1 Å². The van der Waals surface area contributed by atoms with Crippen molar-refractivity contribution in [2.24, 2.45) is 0 Å². The van der Waals surface area contributed by atoms with Gasteiger partial charge in [-0.1, -0.05) is 41.9 Å². The molecular weight excluding hydrogens is 316 g/mol. The number of benzene rings is 2. The number of amides is 2. The van der Waals surface area contributed by atoms with Crippen LogP contribution in [0, 0.1) is 0 Å². The maximum absolute atomic E-state index is 11.7. The fourth-order valence-electron chi connectivity index (χ4n) is 1.82. The fraction of sp³-hybridized carbons (Fsp3) is 0.0588. The topological polar surface area (TPSA) is 78.4 Å². The fourth-order valence-corrected chi connectivity index (χ4v) is 2.01. The third-order valence-corrected chi connectivity index (χ3v) is 3.38. The molecule has 0 aliphatic rings. The first-order valence-electron chi connectivity index (χ1n) is 6.84. The molecule has 0 spiro atoms. The van der Waals surface area contributed by atoms with Crippen LogP contribution >= 0.6 is 11.6 Å². The second-order valence-electron chi connectivity index (χ2n) is 4.68. The minimum Gasteiger partial charge on any atom is -0.478 e. The highest BCUT2D eigenvalue weighted by Crippen LogP contribution is 2.15. The normalized spacial score (nSPS) is 10.5. The van der Waals surface area contributed by atoms with E-state index >= 15 is 0 Å². The average molecular weight is 331 g/mol. The molecular formula is C17H15ClN2O3. The minimum absolute atomic E-state index is 0.209. The van der Waals surface area contributed by atoms with Gasteiger partial charge < -0.3 is 15.7 Å². The maximum Gasteiger partial charge on any atom is 0.335 e. The van der Waals surface area contributed by atoms with Gasteiger partial charge in [-0.3, -0.25) is 0 Å². The summed E-state index contributed by atoms with van der Waals surface area (Å²) in [5.74, 6) is -0.980.